The maximum Gasteiger partial charge on any atom is 0.435 e. The van der Waals surface area contributed by atoms with Gasteiger partial charge in [-0.15, -0.1) is 0 Å². The third-order valence-electron chi connectivity index (χ3n) is 6.76. The van der Waals surface area contributed by atoms with E-state index >= 15 is 0 Å². The van der Waals surface area contributed by atoms with E-state index in [1.165, 1.54) is 36.3 Å². The molecule has 1 aliphatic heterocycles. The molecule has 0 atom stereocenters. The maximum absolute atomic E-state index is 14.0. The Hall–Kier alpha value is -4.65. The van der Waals surface area contributed by atoms with Crippen molar-refractivity contribution in [3.05, 3.63) is 89.2 Å². The van der Waals surface area contributed by atoms with Crippen LogP contribution in [-0.4, -0.2) is 49.9 Å². The first kappa shape index (κ1) is 27.9. The van der Waals surface area contributed by atoms with Gasteiger partial charge < -0.3 is 15.4 Å². The van der Waals surface area contributed by atoms with E-state index in [4.69, 9.17) is 10.5 Å². The molecular weight excluding hydrogens is 561 g/mol. The van der Waals surface area contributed by atoms with Gasteiger partial charge in [0, 0.05) is 29.6 Å². The minimum atomic E-state index is -4.86. The van der Waals surface area contributed by atoms with E-state index < -0.39 is 33.5 Å². The molecule has 0 saturated carbocycles. The van der Waals surface area contributed by atoms with Gasteiger partial charge in [0.15, 0.2) is 15.5 Å². The standard InChI is InChI=1S/C28H23F3N4O5S/c1-40-18-11-12-22(21(15-18)26(32)36)35-24-20(25(33-35)28(29,30)31)13-14-34(27(24)37)17-9-7-16(8-10-17)19-5-3-4-6-23(19)41(2,38)39/h3-12,15H,13-14H2,1-2H3,(H2,32,36). The van der Waals surface area contributed by atoms with E-state index in [1.54, 1.807) is 42.5 Å². The molecule has 0 fully saturated rings. The number of primary amides is 1. The number of rotatable bonds is 6. The van der Waals surface area contributed by atoms with E-state index in [2.05, 4.69) is 5.10 Å². The molecule has 0 saturated heterocycles. The maximum atomic E-state index is 14.0. The van der Waals surface area contributed by atoms with Gasteiger partial charge in [0.05, 0.1) is 23.3 Å². The summed E-state index contributed by atoms with van der Waals surface area (Å²) in [6.45, 7) is -0.0643. The lowest BCUT2D eigenvalue weighted by atomic mass is 10.0. The summed E-state index contributed by atoms with van der Waals surface area (Å²) >= 11 is 0. The van der Waals surface area contributed by atoms with Crippen molar-refractivity contribution in [3.8, 4) is 22.6 Å². The fourth-order valence-corrected chi connectivity index (χ4v) is 5.79. The van der Waals surface area contributed by atoms with Crippen molar-refractivity contribution in [1.29, 1.82) is 0 Å². The highest BCUT2D eigenvalue weighted by molar-refractivity contribution is 7.90. The van der Waals surface area contributed by atoms with E-state index in [-0.39, 0.29) is 46.1 Å². The number of carbonyl (C=O) groups is 2. The lowest BCUT2D eigenvalue weighted by Crippen LogP contribution is -2.39. The van der Waals surface area contributed by atoms with Crippen LogP contribution in [0.5, 0.6) is 5.75 Å². The van der Waals surface area contributed by atoms with E-state index in [0.29, 0.717) is 16.8 Å². The number of halogens is 3. The van der Waals surface area contributed by atoms with Crippen molar-refractivity contribution in [3.63, 3.8) is 0 Å². The second-order valence-corrected chi connectivity index (χ2v) is 11.3. The third kappa shape index (κ3) is 5.04. The van der Waals surface area contributed by atoms with Crippen LogP contribution in [0.3, 0.4) is 0 Å². The number of alkyl halides is 3. The number of nitrogens with two attached hydrogens (primary N) is 1. The Morgan fingerprint density at radius 1 is 1.05 bits per heavy atom. The fourth-order valence-electron chi connectivity index (χ4n) is 4.88. The molecule has 0 spiro atoms. The number of carbonyl (C=O) groups excluding carboxylic acids is 2. The van der Waals surface area contributed by atoms with Gasteiger partial charge in [0.2, 0.25) is 0 Å². The molecule has 0 unspecified atom stereocenters. The molecule has 41 heavy (non-hydrogen) atoms. The summed E-state index contributed by atoms with van der Waals surface area (Å²) in [6.07, 6.45) is -3.91. The Morgan fingerprint density at radius 2 is 1.73 bits per heavy atom. The predicted octanol–water partition coefficient (Wildman–Crippen LogP) is 4.27. The summed E-state index contributed by atoms with van der Waals surface area (Å²) in [4.78, 5) is 27.4. The Balaban J connectivity index is 1.60. The molecule has 1 aromatic heterocycles. The van der Waals surface area contributed by atoms with Gasteiger partial charge in [0.25, 0.3) is 11.8 Å². The number of fused-ring (bicyclic) bond motifs is 1. The molecule has 2 N–H and O–H groups in total. The van der Waals surface area contributed by atoms with Crippen molar-refractivity contribution in [2.45, 2.75) is 17.5 Å². The second kappa shape index (κ2) is 10.1. The van der Waals surface area contributed by atoms with Crippen molar-refractivity contribution in [2.24, 2.45) is 5.73 Å². The summed E-state index contributed by atoms with van der Waals surface area (Å²) in [5, 5.41) is 3.74. The minimum absolute atomic E-state index is 0.0643. The van der Waals surface area contributed by atoms with Crippen LogP contribution in [0.15, 0.2) is 71.6 Å². The molecule has 13 heteroatoms. The zero-order chi connectivity index (χ0) is 29.7. The van der Waals surface area contributed by atoms with Crippen molar-refractivity contribution in [1.82, 2.24) is 9.78 Å². The number of anilines is 1. The van der Waals surface area contributed by atoms with Crippen LogP contribution in [0.4, 0.5) is 18.9 Å². The molecule has 3 aromatic carbocycles. The van der Waals surface area contributed by atoms with E-state index in [1.807, 2.05) is 0 Å². The molecule has 2 heterocycles. The number of ether oxygens (including phenoxy) is 1. The largest absolute Gasteiger partial charge is 0.497 e. The molecule has 0 bridgehead atoms. The third-order valence-corrected chi connectivity index (χ3v) is 7.91. The molecule has 1 aliphatic rings. The number of hydrogen-bond donors (Lipinski definition) is 1. The normalized spacial score (nSPS) is 13.7. The summed E-state index contributed by atoms with van der Waals surface area (Å²) in [5.41, 5.74) is 4.80. The van der Waals surface area contributed by atoms with Gasteiger partial charge in [-0.25, -0.2) is 13.1 Å². The van der Waals surface area contributed by atoms with Gasteiger partial charge >= 0.3 is 6.18 Å². The first-order chi connectivity index (χ1) is 19.3. The lowest BCUT2D eigenvalue weighted by Gasteiger charge is -2.28. The molecule has 4 aromatic rings. The molecule has 0 aliphatic carbocycles. The number of benzene rings is 3. The SMILES string of the molecule is COc1ccc(-n2nc(C(F)(F)F)c3c2C(=O)N(c2ccc(-c4ccccc4S(C)(=O)=O)cc2)CC3)c(C(N)=O)c1. The van der Waals surface area contributed by atoms with E-state index in [9.17, 15) is 31.2 Å². The van der Waals surface area contributed by atoms with Crippen LogP contribution in [0.25, 0.3) is 16.8 Å². The van der Waals surface area contributed by atoms with Crippen LogP contribution in [0.1, 0.15) is 32.1 Å². The average molecular weight is 585 g/mol. The molecule has 0 radical (unpaired) electrons. The number of nitrogens with zero attached hydrogens (tertiary/aromatic N) is 3. The molecule has 5 rings (SSSR count). The number of amides is 2. The monoisotopic (exact) mass is 584 g/mol. The van der Waals surface area contributed by atoms with Gasteiger partial charge in [-0.1, -0.05) is 30.3 Å². The summed E-state index contributed by atoms with van der Waals surface area (Å²) in [5.74, 6) is -1.46. The smallest absolute Gasteiger partial charge is 0.435 e. The first-order valence-corrected chi connectivity index (χ1v) is 14.1. The topological polar surface area (TPSA) is 125 Å². The Labute approximate surface area is 232 Å². The fraction of sp³-hybridized carbons (Fsp3) is 0.179. The van der Waals surface area contributed by atoms with Crippen molar-refractivity contribution >= 4 is 27.3 Å². The highest BCUT2D eigenvalue weighted by Gasteiger charge is 2.43. The number of methoxy groups -OCH3 is 1. The van der Waals surface area contributed by atoms with E-state index in [0.717, 1.165) is 10.9 Å². The van der Waals surface area contributed by atoms with Crippen LogP contribution in [-0.2, 0) is 22.4 Å². The number of aromatic nitrogens is 2. The van der Waals surface area contributed by atoms with Gasteiger partial charge in [0.1, 0.15) is 11.4 Å². The van der Waals surface area contributed by atoms with Crippen molar-refractivity contribution in [2.75, 3.05) is 24.8 Å². The Kier molecular flexibility index (Phi) is 6.85. The second-order valence-electron chi connectivity index (χ2n) is 9.35. The Bertz CT molecular complexity index is 1800. The van der Waals surface area contributed by atoms with Crippen LogP contribution >= 0.6 is 0 Å². The lowest BCUT2D eigenvalue weighted by molar-refractivity contribution is -0.141. The van der Waals surface area contributed by atoms with Crippen molar-refractivity contribution < 1.29 is 35.9 Å². The summed E-state index contributed by atoms with van der Waals surface area (Å²) < 4.78 is 72.4. The molecular formula is C28H23F3N4O5S. The molecule has 2 amide bonds. The average Bonchev–Trinajstić information content (AvgIpc) is 3.34. The summed E-state index contributed by atoms with van der Waals surface area (Å²) in [7, 11) is -2.17. The number of hydrogen-bond acceptors (Lipinski definition) is 6. The Morgan fingerprint density at radius 3 is 2.34 bits per heavy atom. The summed E-state index contributed by atoms with van der Waals surface area (Å²) in [6, 6.07) is 16.9. The predicted molar refractivity (Wildman–Crippen MR) is 144 cm³/mol. The van der Waals surface area contributed by atoms with Crippen LogP contribution < -0.4 is 15.4 Å². The van der Waals surface area contributed by atoms with Gasteiger partial charge in [-0.3, -0.25) is 9.59 Å². The number of sulfone groups is 1. The van der Waals surface area contributed by atoms with Gasteiger partial charge in [-0.05, 0) is 48.4 Å². The first-order valence-electron chi connectivity index (χ1n) is 12.2. The quantitative estimate of drug-likeness (QED) is 0.361. The highest BCUT2D eigenvalue weighted by Crippen LogP contribution is 2.38. The zero-order valence-electron chi connectivity index (χ0n) is 21.8. The molecule has 9 nitrogen and oxygen atoms in total. The van der Waals surface area contributed by atoms with Crippen LogP contribution in [0.2, 0.25) is 0 Å². The highest BCUT2D eigenvalue weighted by atomic mass is 32.2. The minimum Gasteiger partial charge on any atom is -0.497 e. The zero-order valence-corrected chi connectivity index (χ0v) is 22.6. The van der Waals surface area contributed by atoms with Gasteiger partial charge in [-0.2, -0.15) is 18.3 Å². The molecule has 212 valence electrons. The van der Waals surface area contributed by atoms with Crippen LogP contribution in [0, 0.1) is 0 Å².